The summed E-state index contributed by atoms with van der Waals surface area (Å²) in [6.07, 6.45) is 0. The quantitative estimate of drug-likeness (QED) is 0.0811. The van der Waals surface area contributed by atoms with Gasteiger partial charge in [0.2, 0.25) is 0 Å². The third kappa shape index (κ3) is 5.74. The minimum atomic E-state index is -5.14. The van der Waals surface area contributed by atoms with Gasteiger partial charge in [0.05, 0.1) is 30.6 Å². The normalized spacial score (nSPS) is 11.8. The number of nitrogens with zero attached hydrogens (tertiary/aromatic N) is 1. The first-order chi connectivity index (χ1) is 17.3. The molecule has 0 aliphatic rings. The van der Waals surface area contributed by atoms with Crippen LogP contribution in [-0.4, -0.2) is 44.7 Å². The summed E-state index contributed by atoms with van der Waals surface area (Å²) in [6.45, 7) is 0. The van der Waals surface area contributed by atoms with Gasteiger partial charge >= 0.3 is 64.7 Å². The summed E-state index contributed by atoms with van der Waals surface area (Å²) in [6, 6.07) is 8.43. The van der Waals surface area contributed by atoms with Crippen LogP contribution in [0, 0.1) is 0 Å². The van der Waals surface area contributed by atoms with E-state index in [0.717, 1.165) is 6.07 Å². The van der Waals surface area contributed by atoms with Crippen molar-refractivity contribution in [3.63, 3.8) is 0 Å². The molecule has 0 aliphatic carbocycles. The van der Waals surface area contributed by atoms with Gasteiger partial charge in [0, 0.05) is 29.3 Å². The molecule has 3 aromatic carbocycles. The van der Waals surface area contributed by atoms with E-state index in [1.54, 1.807) is 23.7 Å². The summed E-state index contributed by atoms with van der Waals surface area (Å²) < 4.78 is 93.3. The standard InChI is InChI=1S/C22H17NO12S2.2Na/c1-23-20-11(5-4-10-6-17(34-36(25,26)27)15(31-2)7-12(10)20)19-21(23)13-8-16(32-3)18(35-37(28,29)30)9-14(13)33-22(19)24;;/h4-9H,1-3H3,(H,25,26,27)(H,28,29,30);;/q;2*+1/p-2. The number of aryl methyl sites for hydroxylation is 1. The van der Waals surface area contributed by atoms with Gasteiger partial charge in [0.15, 0.2) is 23.0 Å². The zero-order valence-corrected chi connectivity index (χ0v) is 26.8. The van der Waals surface area contributed by atoms with Crippen molar-refractivity contribution in [2.75, 3.05) is 14.2 Å². The van der Waals surface area contributed by atoms with Crippen molar-refractivity contribution in [3.8, 4) is 23.0 Å². The minimum Gasteiger partial charge on any atom is -0.716 e. The number of ether oxygens (including phenoxy) is 2. The average molecular weight is 595 g/mol. The molecule has 0 bridgehead atoms. The third-order valence-corrected chi connectivity index (χ3v) is 6.53. The maximum atomic E-state index is 13.1. The Labute approximate surface area is 265 Å². The molecule has 0 N–H and O–H groups in total. The van der Waals surface area contributed by atoms with Crippen LogP contribution in [-0.2, 0) is 27.8 Å². The fourth-order valence-electron chi connectivity index (χ4n) is 4.44. The average Bonchev–Trinajstić information content (AvgIpc) is 3.10. The van der Waals surface area contributed by atoms with E-state index >= 15 is 0 Å². The molecule has 0 saturated carbocycles. The molecule has 0 atom stereocenters. The van der Waals surface area contributed by atoms with E-state index in [1.165, 1.54) is 32.4 Å². The number of hydrogen-bond acceptors (Lipinski definition) is 12. The zero-order valence-electron chi connectivity index (χ0n) is 21.1. The molecule has 17 heteroatoms. The number of fused-ring (bicyclic) bond motifs is 7. The molecule has 5 aromatic rings. The van der Waals surface area contributed by atoms with Gasteiger partial charge in [-0.25, -0.2) is 21.6 Å². The van der Waals surface area contributed by atoms with Crippen molar-refractivity contribution in [2.45, 2.75) is 0 Å². The monoisotopic (exact) mass is 595 g/mol. The van der Waals surface area contributed by atoms with Crippen LogP contribution in [0.15, 0.2) is 45.6 Å². The third-order valence-electron chi connectivity index (χ3n) is 5.76. The first-order valence-electron chi connectivity index (χ1n) is 10.2. The second kappa shape index (κ2) is 11.1. The molecule has 2 aromatic heterocycles. The summed E-state index contributed by atoms with van der Waals surface area (Å²) >= 11 is 0. The Morgan fingerprint density at radius 1 is 0.744 bits per heavy atom. The summed E-state index contributed by atoms with van der Waals surface area (Å²) in [5, 5.41) is 2.02. The second-order valence-electron chi connectivity index (χ2n) is 7.84. The van der Waals surface area contributed by atoms with Crippen LogP contribution in [0.1, 0.15) is 0 Å². The Morgan fingerprint density at radius 2 is 1.28 bits per heavy atom. The van der Waals surface area contributed by atoms with Gasteiger partial charge in [-0.15, -0.1) is 0 Å². The number of rotatable bonds is 6. The van der Waals surface area contributed by atoms with E-state index in [1.807, 2.05) is 0 Å². The van der Waals surface area contributed by atoms with E-state index in [0.29, 0.717) is 32.6 Å². The predicted octanol–water partition coefficient (Wildman–Crippen LogP) is -3.71. The molecule has 5 rings (SSSR count). The Kier molecular flexibility index (Phi) is 8.94. The van der Waals surface area contributed by atoms with E-state index in [9.17, 15) is 30.7 Å². The second-order valence-corrected chi connectivity index (χ2v) is 9.81. The molecule has 0 unspecified atom stereocenters. The summed E-state index contributed by atoms with van der Waals surface area (Å²) in [7, 11) is -6.03. The zero-order chi connectivity index (χ0) is 26.9. The van der Waals surface area contributed by atoms with Crippen LogP contribution in [0.3, 0.4) is 0 Å². The molecule has 0 radical (unpaired) electrons. The van der Waals surface area contributed by atoms with E-state index in [-0.39, 0.29) is 87.3 Å². The Morgan fingerprint density at radius 3 is 1.82 bits per heavy atom. The molecule has 0 amide bonds. The predicted molar refractivity (Wildman–Crippen MR) is 128 cm³/mol. The summed E-state index contributed by atoms with van der Waals surface area (Å²) in [5.41, 5.74) is 0.104. The maximum Gasteiger partial charge on any atom is 1.00 e. The maximum absolute atomic E-state index is 13.1. The number of methoxy groups -OCH3 is 2. The number of benzene rings is 3. The van der Waals surface area contributed by atoms with Gasteiger partial charge in [-0.05, 0) is 23.6 Å². The van der Waals surface area contributed by atoms with E-state index in [4.69, 9.17) is 13.9 Å². The van der Waals surface area contributed by atoms with Crippen molar-refractivity contribution in [1.29, 1.82) is 0 Å². The molecule has 0 spiro atoms. The fraction of sp³-hybridized carbons (Fsp3) is 0.136. The Hall–Kier alpha value is -2.05. The van der Waals surface area contributed by atoms with Crippen LogP contribution < -0.4 is 82.6 Å². The molecule has 0 saturated heterocycles. The number of hydrogen-bond donors (Lipinski definition) is 0. The molecule has 194 valence electrons. The SMILES string of the molecule is COc1cc2c(ccc3c4c(=O)oc5cc(OS(=O)(=O)[O-])c(OC)cc5c4n(C)c23)cc1OS(=O)(=O)[O-].[Na+].[Na+]. The first-order valence-corrected chi connectivity index (χ1v) is 12.9. The van der Waals surface area contributed by atoms with Crippen LogP contribution >= 0.6 is 0 Å². The Balaban J connectivity index is 0.00000210. The molecular weight excluding hydrogens is 580 g/mol. The van der Waals surface area contributed by atoms with Crippen LogP contribution in [0.2, 0.25) is 0 Å². The van der Waals surface area contributed by atoms with Crippen LogP contribution in [0.5, 0.6) is 23.0 Å². The van der Waals surface area contributed by atoms with Crippen molar-refractivity contribution in [1.82, 2.24) is 4.57 Å². The van der Waals surface area contributed by atoms with Crippen molar-refractivity contribution < 1.29 is 107 Å². The summed E-state index contributed by atoms with van der Waals surface area (Å²) in [5.74, 6) is -0.899. The molecule has 0 fully saturated rings. The Bertz CT molecular complexity index is 2050. The molecule has 39 heavy (non-hydrogen) atoms. The molecule has 2 heterocycles. The first kappa shape index (κ1) is 31.5. The summed E-state index contributed by atoms with van der Waals surface area (Å²) in [4.78, 5) is 13.1. The van der Waals surface area contributed by atoms with Crippen LogP contribution in [0.25, 0.3) is 43.5 Å². The van der Waals surface area contributed by atoms with Crippen molar-refractivity contribution >= 4 is 64.3 Å². The molecule has 0 aliphatic heterocycles. The van der Waals surface area contributed by atoms with E-state index in [2.05, 4.69) is 8.37 Å². The van der Waals surface area contributed by atoms with Gasteiger partial charge < -0.3 is 35.9 Å². The van der Waals surface area contributed by atoms with E-state index < -0.39 is 32.2 Å². The minimum absolute atomic E-state index is 0. The largest absolute Gasteiger partial charge is 1.00 e. The smallest absolute Gasteiger partial charge is 0.716 e. The fourth-order valence-corrected chi connectivity index (χ4v) is 5.14. The van der Waals surface area contributed by atoms with Crippen molar-refractivity contribution in [3.05, 3.63) is 46.8 Å². The molecular formula is C22H15NNa2O12S2. The molecule has 13 nitrogen and oxygen atoms in total. The van der Waals surface area contributed by atoms with Gasteiger partial charge in [-0.3, -0.25) is 0 Å². The van der Waals surface area contributed by atoms with Crippen LogP contribution in [0.4, 0.5) is 0 Å². The van der Waals surface area contributed by atoms with Gasteiger partial charge in [-0.2, -0.15) is 0 Å². The number of aromatic nitrogens is 1. The van der Waals surface area contributed by atoms with Gasteiger partial charge in [0.1, 0.15) is 5.58 Å². The van der Waals surface area contributed by atoms with Gasteiger partial charge in [0.25, 0.3) is 20.8 Å². The topological polar surface area (TPSA) is 186 Å². The van der Waals surface area contributed by atoms with Gasteiger partial charge in [-0.1, -0.05) is 12.1 Å². The van der Waals surface area contributed by atoms with Crippen molar-refractivity contribution in [2.24, 2.45) is 7.05 Å².